The molecule has 3 nitrogen and oxygen atoms in total. The third kappa shape index (κ3) is 2.60. The number of benzene rings is 1. The molecule has 7 unspecified atom stereocenters. The van der Waals surface area contributed by atoms with Crippen molar-refractivity contribution in [3.8, 4) is 0 Å². The quantitative estimate of drug-likeness (QED) is 0.645. The average molecular weight is 423 g/mol. The maximum Gasteiger partial charge on any atom is 0.249 e. The van der Waals surface area contributed by atoms with Crippen molar-refractivity contribution in [1.82, 2.24) is 4.98 Å². The van der Waals surface area contributed by atoms with Crippen molar-refractivity contribution in [2.24, 2.45) is 23.7 Å². The summed E-state index contributed by atoms with van der Waals surface area (Å²) in [6.07, 6.45) is 1.10. The number of hydrogen-bond donors (Lipinski definition) is 1. The predicted molar refractivity (Wildman–Crippen MR) is 104 cm³/mol. The fourth-order valence-electron chi connectivity index (χ4n) is 5.30. The van der Waals surface area contributed by atoms with Crippen molar-refractivity contribution in [3.63, 3.8) is 0 Å². The lowest BCUT2D eigenvalue weighted by atomic mass is 9.74. The van der Waals surface area contributed by atoms with Crippen molar-refractivity contribution in [2.75, 3.05) is 5.32 Å². The molecule has 5 rings (SSSR count). The first-order chi connectivity index (χ1) is 13.4. The fourth-order valence-corrected chi connectivity index (χ4v) is 5.60. The van der Waals surface area contributed by atoms with E-state index in [2.05, 4.69) is 23.8 Å². The van der Waals surface area contributed by atoms with Gasteiger partial charge >= 0.3 is 0 Å². The van der Waals surface area contributed by atoms with Gasteiger partial charge in [-0.05, 0) is 42.0 Å². The minimum atomic E-state index is -1.08. The van der Waals surface area contributed by atoms with Crippen LogP contribution in [0.2, 0.25) is 10.0 Å². The number of hydrogen-bond acceptors (Lipinski definition) is 3. The second-order valence-electron chi connectivity index (χ2n) is 7.91. The molecule has 1 aromatic heterocycles. The standard InChI is InChI=1S/C21H18Cl2F2N2O/c1-8-14-15(8)20-17(11-5-6-26-21(25)18(11)24)16(19(14)28-20)9(2)27-10-3-4-12(22)13(23)7-10/h3-8,14-17,19-20,27H,2H2,1H3. The first-order valence-corrected chi connectivity index (χ1v) is 10.0. The van der Waals surface area contributed by atoms with E-state index in [0.717, 1.165) is 5.69 Å². The molecule has 2 bridgehead atoms. The van der Waals surface area contributed by atoms with Crippen molar-refractivity contribution < 1.29 is 13.5 Å². The van der Waals surface area contributed by atoms with E-state index in [1.165, 1.54) is 6.20 Å². The topological polar surface area (TPSA) is 34.1 Å². The van der Waals surface area contributed by atoms with E-state index in [1.807, 2.05) is 0 Å². The van der Waals surface area contributed by atoms with E-state index in [-0.39, 0.29) is 24.0 Å². The van der Waals surface area contributed by atoms with Gasteiger partial charge in [-0.2, -0.15) is 4.39 Å². The minimum absolute atomic E-state index is 0.0617. The van der Waals surface area contributed by atoms with Crippen LogP contribution in [0, 0.1) is 35.4 Å². The summed E-state index contributed by atoms with van der Waals surface area (Å²) < 4.78 is 34.6. The summed E-state index contributed by atoms with van der Waals surface area (Å²) in [7, 11) is 0. The van der Waals surface area contributed by atoms with Crippen LogP contribution in [0.4, 0.5) is 14.5 Å². The summed E-state index contributed by atoms with van der Waals surface area (Å²) in [5.74, 6) is -1.13. The van der Waals surface area contributed by atoms with Crippen molar-refractivity contribution in [1.29, 1.82) is 0 Å². The molecule has 28 heavy (non-hydrogen) atoms. The lowest BCUT2D eigenvalue weighted by Gasteiger charge is -2.30. The molecule has 146 valence electrons. The van der Waals surface area contributed by atoms with E-state index in [0.29, 0.717) is 39.1 Å². The van der Waals surface area contributed by atoms with Crippen LogP contribution in [-0.2, 0) is 4.74 Å². The lowest BCUT2D eigenvalue weighted by Crippen LogP contribution is -2.31. The smallest absolute Gasteiger partial charge is 0.249 e. The number of pyridine rings is 1. The van der Waals surface area contributed by atoms with E-state index in [1.54, 1.807) is 24.3 Å². The van der Waals surface area contributed by atoms with E-state index in [9.17, 15) is 8.78 Å². The van der Waals surface area contributed by atoms with Crippen LogP contribution < -0.4 is 5.32 Å². The van der Waals surface area contributed by atoms with Gasteiger partial charge in [-0.25, -0.2) is 9.37 Å². The highest BCUT2D eigenvalue weighted by atomic mass is 35.5. The number of nitrogens with zero attached hydrogens (tertiary/aromatic N) is 1. The Morgan fingerprint density at radius 3 is 2.64 bits per heavy atom. The number of anilines is 1. The van der Waals surface area contributed by atoms with Gasteiger partial charge in [0.15, 0.2) is 5.82 Å². The summed E-state index contributed by atoms with van der Waals surface area (Å²) in [6, 6.07) is 6.77. The van der Waals surface area contributed by atoms with Crippen LogP contribution in [0.15, 0.2) is 42.7 Å². The van der Waals surface area contributed by atoms with Crippen LogP contribution >= 0.6 is 23.2 Å². The monoisotopic (exact) mass is 422 g/mol. The molecule has 0 amide bonds. The number of aromatic nitrogens is 1. The van der Waals surface area contributed by atoms with Crippen LogP contribution in [0.5, 0.6) is 0 Å². The molecule has 7 heteroatoms. The molecule has 1 aliphatic carbocycles. The second-order valence-corrected chi connectivity index (χ2v) is 8.73. The fraction of sp³-hybridized carbons (Fsp3) is 0.381. The Bertz CT molecular complexity index is 985. The first-order valence-electron chi connectivity index (χ1n) is 9.24. The Morgan fingerprint density at radius 1 is 1.14 bits per heavy atom. The maximum absolute atomic E-state index is 14.6. The van der Waals surface area contributed by atoms with Crippen molar-refractivity contribution in [2.45, 2.75) is 25.0 Å². The first kappa shape index (κ1) is 18.3. The summed E-state index contributed by atoms with van der Waals surface area (Å²) in [5.41, 5.74) is 1.74. The highest BCUT2D eigenvalue weighted by Crippen LogP contribution is 2.69. The van der Waals surface area contributed by atoms with Crippen LogP contribution in [0.1, 0.15) is 18.4 Å². The molecular weight excluding hydrogens is 405 g/mol. The van der Waals surface area contributed by atoms with Gasteiger partial charge < -0.3 is 10.1 Å². The number of rotatable bonds is 4. The summed E-state index contributed by atoms with van der Waals surface area (Å²) >= 11 is 12.1. The van der Waals surface area contributed by atoms with Crippen molar-refractivity contribution >= 4 is 28.9 Å². The van der Waals surface area contributed by atoms with E-state index >= 15 is 0 Å². The molecule has 1 saturated carbocycles. The zero-order chi connectivity index (χ0) is 19.7. The molecule has 7 atom stereocenters. The van der Waals surface area contributed by atoms with Gasteiger partial charge in [-0.15, -0.1) is 0 Å². The highest BCUT2D eigenvalue weighted by molar-refractivity contribution is 6.42. The molecule has 3 fully saturated rings. The second kappa shape index (κ2) is 6.41. The number of fused-ring (bicyclic) bond motifs is 5. The number of ether oxygens (including phenoxy) is 1. The SMILES string of the molecule is C=C(Nc1ccc(Cl)c(Cl)c1)C1C2OC(C1c1ccnc(F)c1F)C1C(C)C21. The summed E-state index contributed by atoms with van der Waals surface area (Å²) in [4.78, 5) is 3.43. The third-order valence-electron chi connectivity index (χ3n) is 6.55. The van der Waals surface area contributed by atoms with Gasteiger partial charge in [0.2, 0.25) is 5.95 Å². The minimum Gasteiger partial charge on any atom is -0.373 e. The average Bonchev–Trinajstić information content (AvgIpc) is 3.01. The maximum atomic E-state index is 14.6. The van der Waals surface area contributed by atoms with Gasteiger partial charge in [0.25, 0.3) is 0 Å². The number of nitrogens with one attached hydrogen (secondary N) is 1. The largest absolute Gasteiger partial charge is 0.373 e. The molecule has 2 aliphatic heterocycles. The van der Waals surface area contributed by atoms with E-state index < -0.39 is 11.8 Å². The molecule has 1 aromatic carbocycles. The Kier molecular flexibility index (Phi) is 4.20. The van der Waals surface area contributed by atoms with Crippen LogP contribution in [-0.4, -0.2) is 17.2 Å². The van der Waals surface area contributed by atoms with Gasteiger partial charge in [0.1, 0.15) is 0 Å². The Balaban J connectivity index is 1.49. The van der Waals surface area contributed by atoms with Crippen LogP contribution in [0.25, 0.3) is 0 Å². The molecule has 3 aliphatic rings. The van der Waals surface area contributed by atoms with Gasteiger partial charge in [0.05, 0.1) is 22.3 Å². The molecule has 1 N–H and O–H groups in total. The lowest BCUT2D eigenvalue weighted by molar-refractivity contribution is 0.0523. The van der Waals surface area contributed by atoms with Crippen LogP contribution in [0.3, 0.4) is 0 Å². The number of halogens is 4. The summed E-state index contributed by atoms with van der Waals surface area (Å²) in [6.45, 7) is 6.40. The zero-order valence-electron chi connectivity index (χ0n) is 15.0. The highest BCUT2D eigenvalue weighted by Gasteiger charge is 2.71. The molecule has 0 spiro atoms. The Labute approximate surface area is 171 Å². The molecule has 2 aromatic rings. The Hall–Kier alpha value is -1.69. The summed E-state index contributed by atoms with van der Waals surface area (Å²) in [5, 5.41) is 4.17. The van der Waals surface area contributed by atoms with E-state index in [4.69, 9.17) is 27.9 Å². The predicted octanol–water partition coefficient (Wildman–Crippen LogP) is 5.66. The Morgan fingerprint density at radius 2 is 1.89 bits per heavy atom. The normalized spacial score (nSPS) is 35.0. The molecule has 0 radical (unpaired) electrons. The van der Waals surface area contributed by atoms with Gasteiger partial charge in [-0.3, -0.25) is 0 Å². The molecule has 3 heterocycles. The van der Waals surface area contributed by atoms with Gasteiger partial charge in [0, 0.05) is 35.0 Å². The molecular formula is C21H18Cl2F2N2O. The third-order valence-corrected chi connectivity index (χ3v) is 7.29. The zero-order valence-corrected chi connectivity index (χ0v) is 16.5. The van der Waals surface area contributed by atoms with Gasteiger partial charge in [-0.1, -0.05) is 36.7 Å². The van der Waals surface area contributed by atoms with Crippen molar-refractivity contribution in [3.05, 3.63) is 70.1 Å². The molecule has 2 saturated heterocycles.